The summed E-state index contributed by atoms with van der Waals surface area (Å²) < 4.78 is 109. The lowest BCUT2D eigenvalue weighted by molar-refractivity contribution is -0.787. The number of halogens is 4. The maximum absolute atomic E-state index is 16.5. The average Bonchev–Trinajstić information content (AvgIpc) is 1.55. The number of fused-ring (bicyclic) bond motifs is 6. The second-order valence-electron chi connectivity index (χ2n) is 35.2. The van der Waals surface area contributed by atoms with Crippen LogP contribution in [0.25, 0.3) is 45.1 Å². The van der Waals surface area contributed by atoms with Gasteiger partial charge in [0.2, 0.25) is 17.5 Å². The number of hydrogen-bond acceptors (Lipinski definition) is 13. The predicted octanol–water partition coefficient (Wildman–Crippen LogP) is 13.4. The maximum Gasteiger partial charge on any atom is 0.276 e. The lowest BCUT2D eigenvalue weighted by Crippen LogP contribution is -2.51. The molecule has 1 N–H and O–H groups in total. The largest absolute Gasteiger partial charge is 0.379 e. The van der Waals surface area contributed by atoms with E-state index >= 15 is 17.6 Å². The summed E-state index contributed by atoms with van der Waals surface area (Å²) in [7, 11) is -5.31. The van der Waals surface area contributed by atoms with Crippen molar-refractivity contribution in [3.63, 3.8) is 0 Å². The third-order valence-corrected chi connectivity index (χ3v) is 29.1. The van der Waals surface area contributed by atoms with Crippen molar-refractivity contribution < 1.29 is 60.3 Å². The molecule has 2 aromatic carbocycles. The predicted molar refractivity (Wildman–Crippen MR) is 404 cm³/mol. The van der Waals surface area contributed by atoms with Gasteiger partial charge in [0.25, 0.3) is 6.73 Å². The first-order valence-electron chi connectivity index (χ1n) is 37.6. The summed E-state index contributed by atoms with van der Waals surface area (Å²) in [6.45, 7) is 47.9. The fourth-order valence-corrected chi connectivity index (χ4v) is 18.0. The highest BCUT2D eigenvalue weighted by Crippen LogP contribution is 2.61. The molecule has 6 atom stereocenters. The molecule has 6 aromatic rings. The summed E-state index contributed by atoms with van der Waals surface area (Å²) in [6.07, 6.45) is 5.89. The number of amides is 2. The first-order valence-corrected chi connectivity index (χ1v) is 52.4. The molecule has 0 spiro atoms. The van der Waals surface area contributed by atoms with Crippen LogP contribution in [0.2, 0.25) is 103 Å². The lowest BCUT2D eigenvalue weighted by atomic mass is 9.87. The Morgan fingerprint density at radius 2 is 1.09 bits per heavy atom. The van der Waals surface area contributed by atoms with Gasteiger partial charge in [-0.15, -0.1) is 0 Å². The van der Waals surface area contributed by atoms with E-state index in [2.05, 4.69) is 102 Å². The minimum atomic E-state index is -1.40. The first kappa shape index (κ1) is 78.1. The summed E-state index contributed by atoms with van der Waals surface area (Å²) in [5, 5.41) is 8.72. The molecule has 6 heterocycles. The summed E-state index contributed by atoms with van der Waals surface area (Å²) in [4.78, 5) is 44.2. The summed E-state index contributed by atoms with van der Waals surface area (Å²) in [5.41, 5.74) is 6.99. The first-order chi connectivity index (χ1) is 48.0. The number of ether oxygens (including phenoxy) is 6. The van der Waals surface area contributed by atoms with Gasteiger partial charge in [-0.2, -0.15) is 10.2 Å². The molecule has 102 heavy (non-hydrogen) atoms. The van der Waals surface area contributed by atoms with Crippen molar-refractivity contribution >= 4 is 77.6 Å². The van der Waals surface area contributed by atoms with Crippen LogP contribution in [-0.2, 0) is 90.6 Å². The van der Waals surface area contributed by atoms with E-state index < -0.39 is 67.6 Å². The van der Waals surface area contributed by atoms with Gasteiger partial charge in [-0.1, -0.05) is 97.1 Å². The quantitative estimate of drug-likeness (QED) is 0.0195. The second kappa shape index (κ2) is 31.1. The molecular formula is C74H117F4N12O8Si4+. The van der Waals surface area contributed by atoms with Crippen LogP contribution in [0.15, 0.2) is 12.1 Å². The molecule has 4 aromatic heterocycles. The standard InChI is InChI=1S/2C37H58F2N6O4Si2/c1-10-43(36(46)25(2)42-11-13-47-14-12-42)29-20-28-34(32(39)31(29)38)44(23-48-15-17-50(4,5)6)35(40-28)33-27-19-26-21-37(26,3)22-30(27)45(41-33)24-49-16-18-51(7,8)9;1-10-43(36(46)25(2)42-11-13-47-14-12-42)28-20-29-34(32(39)31(28)38)40-35(44(29)23-48-15-17-50(4,5)6)33-27-19-26-21-37(26,3)22-30(27)45(41-33)24-49-16-18-51(7,8)9/h2*20,25-26H,10-19,21-24H2,1-9H3/p+1/t2*25-,26+,37+/m00/s1. The van der Waals surface area contributed by atoms with Crippen molar-refractivity contribution in [2.75, 3.05) is 102 Å². The number of benzene rings is 2. The Hall–Kier alpha value is -4.99. The van der Waals surface area contributed by atoms with Crippen molar-refractivity contribution in [3.05, 3.63) is 57.9 Å². The van der Waals surface area contributed by atoms with E-state index in [4.69, 9.17) is 43.5 Å². The van der Waals surface area contributed by atoms with Gasteiger partial charge in [-0.05, 0) is 119 Å². The van der Waals surface area contributed by atoms with Crippen molar-refractivity contribution in [2.45, 2.75) is 222 Å². The lowest BCUT2D eigenvalue weighted by Gasteiger charge is -2.34. The van der Waals surface area contributed by atoms with Gasteiger partial charge < -0.3 is 38.2 Å². The van der Waals surface area contributed by atoms with E-state index in [-0.39, 0.29) is 77.1 Å². The van der Waals surface area contributed by atoms with Crippen molar-refractivity contribution in [1.29, 1.82) is 0 Å². The Labute approximate surface area is 605 Å². The number of rotatable bonds is 30. The fraction of sp³-hybridized carbons (Fsp3) is 0.703. The van der Waals surface area contributed by atoms with Crippen LogP contribution >= 0.6 is 0 Å². The summed E-state index contributed by atoms with van der Waals surface area (Å²) in [5.74, 6) is -2.74. The number of hydrogen-bond donors (Lipinski definition) is 1. The highest BCUT2D eigenvalue weighted by atomic mass is 28.3. The molecule has 2 saturated heterocycles. The van der Waals surface area contributed by atoms with Gasteiger partial charge in [-0.3, -0.25) is 28.5 Å². The van der Waals surface area contributed by atoms with Gasteiger partial charge in [0.15, 0.2) is 34.9 Å². The van der Waals surface area contributed by atoms with E-state index in [0.29, 0.717) is 127 Å². The number of anilines is 2. The molecule has 2 aliphatic heterocycles. The van der Waals surface area contributed by atoms with Crippen LogP contribution in [0, 0.1) is 45.9 Å². The molecule has 2 saturated carbocycles. The Kier molecular flexibility index (Phi) is 23.8. The minimum Gasteiger partial charge on any atom is -0.379 e. The molecule has 28 heteroatoms. The van der Waals surface area contributed by atoms with Crippen LogP contribution in [0.1, 0.15) is 76.9 Å². The number of morpholine rings is 2. The molecule has 4 fully saturated rings. The zero-order valence-electron chi connectivity index (χ0n) is 64.5. The molecule has 564 valence electrons. The topological polar surface area (TPSA) is 176 Å². The van der Waals surface area contributed by atoms with E-state index in [9.17, 15) is 9.59 Å². The Balaban J connectivity index is 0.000000205. The van der Waals surface area contributed by atoms with Crippen LogP contribution < -0.4 is 14.5 Å². The van der Waals surface area contributed by atoms with E-state index in [0.717, 1.165) is 78.8 Å². The van der Waals surface area contributed by atoms with Crippen LogP contribution in [-0.4, -0.2) is 192 Å². The normalized spacial score (nSPS) is 21.5. The van der Waals surface area contributed by atoms with E-state index in [1.807, 2.05) is 32.9 Å². The number of nitrogens with one attached hydrogen (secondary N) is 1. The number of carbonyl (C=O) groups is 2. The molecule has 6 aliphatic rings. The van der Waals surface area contributed by atoms with Crippen LogP contribution in [0.3, 0.4) is 0 Å². The van der Waals surface area contributed by atoms with Crippen LogP contribution in [0.5, 0.6) is 0 Å². The third kappa shape index (κ3) is 17.5. The van der Waals surface area contributed by atoms with Crippen molar-refractivity contribution in [1.82, 2.24) is 43.8 Å². The van der Waals surface area contributed by atoms with Crippen molar-refractivity contribution in [2.24, 2.45) is 22.7 Å². The van der Waals surface area contributed by atoms with Gasteiger partial charge in [0, 0.05) is 109 Å². The summed E-state index contributed by atoms with van der Waals surface area (Å²) >= 11 is 0. The molecule has 0 unspecified atom stereocenters. The highest BCUT2D eigenvalue weighted by molar-refractivity contribution is 6.77. The highest BCUT2D eigenvalue weighted by Gasteiger charge is 2.57. The van der Waals surface area contributed by atoms with Gasteiger partial charge in [0.1, 0.15) is 42.6 Å². The number of aromatic amines is 1. The second-order valence-corrected chi connectivity index (χ2v) is 57.7. The third-order valence-electron chi connectivity index (χ3n) is 22.3. The van der Waals surface area contributed by atoms with Gasteiger partial charge in [0.05, 0.1) is 73.1 Å². The van der Waals surface area contributed by atoms with Crippen molar-refractivity contribution in [3.8, 4) is 23.0 Å². The fourth-order valence-electron chi connectivity index (χ4n) is 15.0. The number of carbonyl (C=O) groups excluding carboxylic acids is 2. The molecule has 0 bridgehead atoms. The smallest absolute Gasteiger partial charge is 0.276 e. The van der Waals surface area contributed by atoms with Gasteiger partial charge in [-0.25, -0.2) is 32.2 Å². The number of aromatic nitrogens is 8. The number of likely N-dealkylation sites (N-methyl/N-ethyl adjacent to an activating group) is 2. The molecule has 20 nitrogen and oxygen atoms in total. The monoisotopic (exact) mass is 1490 g/mol. The zero-order valence-corrected chi connectivity index (χ0v) is 68.5. The van der Waals surface area contributed by atoms with Gasteiger partial charge >= 0.3 is 0 Å². The number of nitrogens with zero attached hydrogens (tertiary/aromatic N) is 11. The minimum absolute atomic E-state index is 0.00595. The Bertz CT molecular complexity index is 3900. The Morgan fingerprint density at radius 1 is 0.618 bits per heavy atom. The van der Waals surface area contributed by atoms with E-state index in [1.54, 1.807) is 24.5 Å². The zero-order chi connectivity index (χ0) is 73.8. The molecular weight excluding hydrogens is 1370 g/mol. The molecule has 4 aliphatic carbocycles. The molecule has 12 rings (SSSR count). The SMILES string of the molecule is CCN(C(=O)[C@H](C)N1CCOCC1)c1cc2c(nc(-c3[nH][n+](COCC[Si](C)(C)C)c4c3C[C@@H]3C[C@]3(C)C4)n2COCC[Si](C)(C)C)c(F)c1F.CCN(C(=O)[C@H](C)N1CCOCC1)c1cc2nc(-c3nn(COCC[Si](C)(C)C)c4c3C[C@@H]3C[C@]3(C)C4)n(COCC[Si](C)(C)C)c2c(F)c1F. The summed E-state index contributed by atoms with van der Waals surface area (Å²) in [6, 6.07) is 6.10. The number of H-pyrrole nitrogens is 1. The maximum atomic E-state index is 16.5. The van der Waals surface area contributed by atoms with E-state index in [1.165, 1.54) is 28.0 Å². The molecule has 2 amide bonds. The average molecular weight is 1490 g/mol. The number of imidazole rings is 2. The van der Waals surface area contributed by atoms with Crippen LogP contribution in [0.4, 0.5) is 28.9 Å². The molecule has 0 radical (unpaired) electrons. The Morgan fingerprint density at radius 3 is 1.61 bits per heavy atom.